The van der Waals surface area contributed by atoms with Crippen molar-refractivity contribution in [3.63, 3.8) is 0 Å². The Morgan fingerprint density at radius 2 is 1.90 bits per heavy atom. The second-order valence-corrected chi connectivity index (χ2v) is 7.51. The molecule has 1 unspecified atom stereocenters. The van der Waals surface area contributed by atoms with Gasteiger partial charge in [-0.3, -0.25) is 0 Å². The number of benzene rings is 1. The summed E-state index contributed by atoms with van der Waals surface area (Å²) in [7, 11) is 0. The summed E-state index contributed by atoms with van der Waals surface area (Å²) in [5, 5.41) is 0. The molecule has 2 aromatic rings. The lowest BCUT2D eigenvalue weighted by Gasteiger charge is -2.27. The van der Waals surface area contributed by atoms with Crippen molar-refractivity contribution in [2.45, 2.75) is 54.2 Å². The predicted molar refractivity (Wildman–Crippen MR) is 91.5 cm³/mol. The summed E-state index contributed by atoms with van der Waals surface area (Å²) in [5.74, 6) is 1.40. The first-order chi connectivity index (χ1) is 9.70. The number of rotatable bonds is 4. The quantitative estimate of drug-likeness (QED) is 0.790. The molecule has 0 aliphatic carbocycles. The van der Waals surface area contributed by atoms with Gasteiger partial charge in [0.1, 0.15) is 11.3 Å². The minimum absolute atomic E-state index is 0.148. The van der Waals surface area contributed by atoms with Gasteiger partial charge in [0.05, 0.1) is 11.6 Å². The molecule has 2 rings (SSSR count). The van der Waals surface area contributed by atoms with Crippen molar-refractivity contribution in [2.24, 2.45) is 11.3 Å². The summed E-state index contributed by atoms with van der Waals surface area (Å²) in [6, 6.07) is 6.12. The van der Waals surface area contributed by atoms with Gasteiger partial charge in [0.15, 0.2) is 4.77 Å². The van der Waals surface area contributed by atoms with Crippen LogP contribution in [0.25, 0.3) is 11.0 Å². The average Bonchev–Trinajstić information content (AvgIpc) is 2.66. The number of aromatic amines is 1. The van der Waals surface area contributed by atoms with Crippen LogP contribution in [0.4, 0.5) is 0 Å². The van der Waals surface area contributed by atoms with Gasteiger partial charge in [-0.25, -0.2) is 0 Å². The highest BCUT2D eigenvalue weighted by molar-refractivity contribution is 7.71. The Balaban J connectivity index is 2.46. The van der Waals surface area contributed by atoms with Crippen LogP contribution >= 0.6 is 12.2 Å². The first kappa shape index (κ1) is 16.1. The van der Waals surface area contributed by atoms with Crippen LogP contribution in [-0.4, -0.2) is 15.7 Å². The number of ether oxygens (including phenoxy) is 1. The summed E-state index contributed by atoms with van der Waals surface area (Å²) in [5.41, 5.74) is 2.37. The van der Waals surface area contributed by atoms with E-state index >= 15 is 0 Å². The zero-order valence-electron chi connectivity index (χ0n) is 13.9. The zero-order valence-corrected chi connectivity index (χ0v) is 14.7. The minimum atomic E-state index is 0.148. The van der Waals surface area contributed by atoms with Gasteiger partial charge in [-0.05, 0) is 49.5 Å². The lowest BCUT2D eigenvalue weighted by Crippen LogP contribution is -2.22. The van der Waals surface area contributed by atoms with Crippen LogP contribution < -0.4 is 4.74 Å². The lowest BCUT2D eigenvalue weighted by atomic mass is 9.82. The van der Waals surface area contributed by atoms with Gasteiger partial charge < -0.3 is 14.3 Å². The number of fused-ring (bicyclic) bond motifs is 1. The van der Waals surface area contributed by atoms with E-state index in [-0.39, 0.29) is 11.5 Å². The molecule has 1 aromatic carbocycles. The summed E-state index contributed by atoms with van der Waals surface area (Å²) >= 11 is 5.52. The van der Waals surface area contributed by atoms with Crippen molar-refractivity contribution >= 4 is 23.3 Å². The summed E-state index contributed by atoms with van der Waals surface area (Å²) in [6.45, 7) is 14.1. The normalized spacial score (nSPS) is 13.9. The molecule has 0 saturated carbocycles. The van der Waals surface area contributed by atoms with Crippen LogP contribution in [0.15, 0.2) is 18.2 Å². The Labute approximate surface area is 132 Å². The van der Waals surface area contributed by atoms with Crippen molar-refractivity contribution in [2.75, 3.05) is 0 Å². The third kappa shape index (κ3) is 3.49. The zero-order chi connectivity index (χ0) is 15.8. The largest absolute Gasteiger partial charge is 0.489 e. The van der Waals surface area contributed by atoms with Crippen LogP contribution in [0.3, 0.4) is 0 Å². The number of imidazole rings is 1. The Bertz CT molecular complexity index is 676. The van der Waals surface area contributed by atoms with Gasteiger partial charge in [-0.1, -0.05) is 33.8 Å². The maximum Gasteiger partial charge on any atom is 0.178 e. The molecule has 1 aromatic heterocycles. The number of hydrogen-bond acceptors (Lipinski definition) is 2. The lowest BCUT2D eigenvalue weighted by molar-refractivity contribution is 0.234. The van der Waals surface area contributed by atoms with Gasteiger partial charge in [-0.15, -0.1) is 0 Å². The van der Waals surface area contributed by atoms with Crippen LogP contribution in [0.1, 0.15) is 41.5 Å². The molecular formula is C17H26N2OS. The van der Waals surface area contributed by atoms with Gasteiger partial charge in [-0.2, -0.15) is 0 Å². The Morgan fingerprint density at radius 3 is 2.48 bits per heavy atom. The number of para-hydroxylation sites is 1. The maximum atomic E-state index is 5.88. The van der Waals surface area contributed by atoms with E-state index in [1.54, 1.807) is 0 Å². The monoisotopic (exact) mass is 306 g/mol. The Hall–Kier alpha value is -1.29. The molecule has 0 fully saturated rings. The minimum Gasteiger partial charge on any atom is -0.489 e. The molecule has 0 bridgehead atoms. The average molecular weight is 306 g/mol. The molecule has 0 aliphatic rings. The number of nitrogens with zero attached hydrogens (tertiary/aromatic N) is 1. The van der Waals surface area contributed by atoms with Crippen LogP contribution in [-0.2, 0) is 6.54 Å². The number of H-pyrrole nitrogens is 1. The molecular weight excluding hydrogens is 280 g/mol. The first-order valence-corrected chi connectivity index (χ1v) is 7.99. The van der Waals surface area contributed by atoms with Crippen LogP contribution in [0.2, 0.25) is 0 Å². The molecule has 4 heteroatoms. The van der Waals surface area contributed by atoms with Crippen molar-refractivity contribution in [3.05, 3.63) is 23.0 Å². The number of hydrogen-bond donors (Lipinski definition) is 1. The van der Waals surface area contributed by atoms with E-state index in [4.69, 9.17) is 17.0 Å². The van der Waals surface area contributed by atoms with Crippen LogP contribution in [0, 0.1) is 16.1 Å². The molecule has 0 saturated heterocycles. The Morgan fingerprint density at radius 1 is 1.24 bits per heavy atom. The number of nitrogens with one attached hydrogen (secondary N) is 1. The van der Waals surface area contributed by atoms with E-state index in [9.17, 15) is 0 Å². The van der Waals surface area contributed by atoms with Gasteiger partial charge in [0, 0.05) is 6.54 Å². The molecule has 1 atom stereocenters. The second-order valence-electron chi connectivity index (χ2n) is 7.12. The highest BCUT2D eigenvalue weighted by Crippen LogP contribution is 2.30. The van der Waals surface area contributed by atoms with Crippen molar-refractivity contribution < 1.29 is 4.74 Å². The maximum absolute atomic E-state index is 5.88. The predicted octanol–water partition coefficient (Wildman–Crippen LogP) is 5.17. The smallest absolute Gasteiger partial charge is 0.178 e. The summed E-state index contributed by atoms with van der Waals surface area (Å²) in [6.07, 6.45) is 0.148. The van der Waals surface area contributed by atoms with E-state index in [0.29, 0.717) is 5.92 Å². The van der Waals surface area contributed by atoms with E-state index in [1.807, 2.05) is 26.0 Å². The third-order valence-electron chi connectivity index (χ3n) is 4.07. The Kier molecular flexibility index (Phi) is 4.47. The molecule has 1 heterocycles. The first-order valence-electron chi connectivity index (χ1n) is 7.58. The molecule has 0 amide bonds. The van der Waals surface area contributed by atoms with E-state index in [2.05, 4.69) is 43.3 Å². The highest BCUT2D eigenvalue weighted by Gasteiger charge is 2.22. The van der Waals surface area contributed by atoms with Crippen LogP contribution in [0.5, 0.6) is 5.75 Å². The number of aromatic nitrogens is 2. The molecule has 116 valence electrons. The molecule has 1 N–H and O–H groups in total. The molecule has 21 heavy (non-hydrogen) atoms. The summed E-state index contributed by atoms with van der Waals surface area (Å²) in [4.78, 5) is 3.31. The van der Waals surface area contributed by atoms with E-state index in [0.717, 1.165) is 28.1 Å². The van der Waals surface area contributed by atoms with E-state index in [1.165, 1.54) is 0 Å². The van der Waals surface area contributed by atoms with Crippen molar-refractivity contribution in [1.82, 2.24) is 9.55 Å². The highest BCUT2D eigenvalue weighted by atomic mass is 32.1. The van der Waals surface area contributed by atoms with Gasteiger partial charge in [0.25, 0.3) is 0 Å². The van der Waals surface area contributed by atoms with Gasteiger partial charge in [0.2, 0.25) is 0 Å². The fourth-order valence-electron chi connectivity index (χ4n) is 2.24. The standard InChI is InChI=1S/C17H26N2OS/c1-11(2)20-14-9-7-8-13-15(14)18-16(21)19(13)10-12(3)17(4,5)6/h7-9,11-12H,10H2,1-6H3,(H,18,21). The molecule has 0 radical (unpaired) electrons. The second kappa shape index (κ2) is 5.84. The van der Waals surface area contributed by atoms with Crippen molar-refractivity contribution in [1.29, 1.82) is 0 Å². The molecule has 0 aliphatic heterocycles. The third-order valence-corrected chi connectivity index (χ3v) is 4.39. The fourth-order valence-corrected chi connectivity index (χ4v) is 2.51. The molecule has 3 nitrogen and oxygen atoms in total. The van der Waals surface area contributed by atoms with Gasteiger partial charge >= 0.3 is 0 Å². The SMILES string of the molecule is CC(C)Oc1cccc2c1[nH]c(=S)n2CC(C)C(C)(C)C. The van der Waals surface area contributed by atoms with E-state index < -0.39 is 0 Å². The molecule has 0 spiro atoms. The summed E-state index contributed by atoms with van der Waals surface area (Å²) < 4.78 is 8.83. The fraction of sp³-hybridized carbons (Fsp3) is 0.588. The van der Waals surface area contributed by atoms with Crippen molar-refractivity contribution in [3.8, 4) is 5.75 Å². The topological polar surface area (TPSA) is 29.9 Å².